The first-order valence-electron chi connectivity index (χ1n) is 6.11. The topological polar surface area (TPSA) is 74.5 Å². The number of benzene rings is 1. The van der Waals surface area contributed by atoms with Crippen molar-refractivity contribution in [1.29, 1.82) is 5.26 Å². The third-order valence-corrected chi connectivity index (χ3v) is 4.53. The van der Waals surface area contributed by atoms with Crippen LogP contribution in [-0.4, -0.2) is 21.0 Å². The molecule has 1 aromatic carbocycles. The fourth-order valence-electron chi connectivity index (χ4n) is 1.78. The van der Waals surface area contributed by atoms with Gasteiger partial charge in [-0.25, -0.2) is 9.89 Å². The predicted octanol–water partition coefficient (Wildman–Crippen LogP) is 2.73. The van der Waals surface area contributed by atoms with E-state index in [4.69, 9.17) is 0 Å². The number of hydrogen-bond donors (Lipinski definition) is 1. The van der Waals surface area contributed by atoms with Crippen LogP contribution in [0.15, 0.2) is 37.9 Å². The molecule has 0 atom stereocenters. The molecule has 2 aromatic rings. The number of nitrogens with one attached hydrogen (secondary N) is 1. The van der Waals surface area contributed by atoms with Crippen LogP contribution in [0.4, 0.5) is 0 Å². The zero-order chi connectivity index (χ0) is 14.5. The molecule has 0 aliphatic carbocycles. The van der Waals surface area contributed by atoms with Crippen LogP contribution in [0, 0.1) is 11.3 Å². The van der Waals surface area contributed by atoms with Crippen LogP contribution in [0.25, 0.3) is 0 Å². The van der Waals surface area contributed by atoms with Crippen LogP contribution in [0.2, 0.25) is 0 Å². The third-order valence-electron chi connectivity index (χ3n) is 2.69. The maximum absolute atomic E-state index is 11.7. The second-order valence-corrected chi connectivity index (χ2v) is 5.87. The van der Waals surface area contributed by atoms with E-state index < -0.39 is 0 Å². The molecule has 0 saturated heterocycles. The highest BCUT2D eigenvalue weighted by atomic mass is 32.2. The van der Waals surface area contributed by atoms with E-state index in [-0.39, 0.29) is 5.69 Å². The van der Waals surface area contributed by atoms with E-state index in [1.54, 1.807) is 4.57 Å². The molecule has 2 rings (SSSR count). The number of nitrogens with zero attached hydrogens (tertiary/aromatic N) is 3. The van der Waals surface area contributed by atoms with Crippen molar-refractivity contribution in [3.05, 3.63) is 34.2 Å². The van der Waals surface area contributed by atoms with Crippen molar-refractivity contribution in [3.8, 4) is 6.07 Å². The summed E-state index contributed by atoms with van der Waals surface area (Å²) in [4.78, 5) is 13.4. The third kappa shape index (κ3) is 2.92. The van der Waals surface area contributed by atoms with E-state index in [1.807, 2.05) is 31.4 Å². The van der Waals surface area contributed by atoms with Crippen molar-refractivity contribution in [2.24, 2.45) is 0 Å². The van der Waals surface area contributed by atoms with Gasteiger partial charge in [-0.05, 0) is 36.6 Å². The fraction of sp³-hybridized carbons (Fsp3) is 0.308. The van der Waals surface area contributed by atoms with E-state index >= 15 is 0 Å². The summed E-state index contributed by atoms with van der Waals surface area (Å²) in [5.74, 6) is 0. The minimum absolute atomic E-state index is 0.214. The lowest BCUT2D eigenvalue weighted by atomic mass is 10.2. The Balaban J connectivity index is 2.41. The van der Waals surface area contributed by atoms with Gasteiger partial charge in [0.15, 0.2) is 5.16 Å². The normalized spacial score (nSPS) is 10.4. The van der Waals surface area contributed by atoms with Crippen LogP contribution in [0.3, 0.4) is 0 Å². The molecule has 104 valence electrons. The lowest BCUT2D eigenvalue weighted by Gasteiger charge is -2.07. The minimum atomic E-state index is -0.214. The number of aromatic nitrogens is 3. The van der Waals surface area contributed by atoms with Crippen LogP contribution in [0.1, 0.15) is 18.9 Å². The largest absolute Gasteiger partial charge is 0.343 e. The van der Waals surface area contributed by atoms with Crippen LogP contribution >= 0.6 is 23.5 Å². The molecular formula is C13H14N4OS2. The number of aromatic amines is 1. The molecule has 0 aliphatic heterocycles. The SMILES string of the molecule is CCCn1c(Sc2cccc(SC)c2C#N)n[nH]c1=O. The molecule has 0 amide bonds. The Morgan fingerprint density at radius 2 is 2.20 bits per heavy atom. The van der Waals surface area contributed by atoms with E-state index in [0.717, 1.165) is 16.2 Å². The average molecular weight is 306 g/mol. The second-order valence-electron chi connectivity index (χ2n) is 4.01. The number of rotatable bonds is 5. The fourth-order valence-corrected chi connectivity index (χ4v) is 3.39. The summed E-state index contributed by atoms with van der Waals surface area (Å²) in [6, 6.07) is 7.92. The van der Waals surface area contributed by atoms with Crippen LogP contribution in [-0.2, 0) is 6.54 Å². The molecule has 0 radical (unpaired) electrons. The van der Waals surface area contributed by atoms with E-state index in [1.165, 1.54) is 23.5 Å². The van der Waals surface area contributed by atoms with Gasteiger partial charge in [0, 0.05) is 16.3 Å². The highest BCUT2D eigenvalue weighted by molar-refractivity contribution is 7.99. The molecule has 7 heteroatoms. The minimum Gasteiger partial charge on any atom is -0.270 e. The molecule has 0 fully saturated rings. The molecule has 0 bridgehead atoms. The second kappa shape index (κ2) is 6.68. The zero-order valence-electron chi connectivity index (χ0n) is 11.2. The Hall–Kier alpha value is -1.65. The smallest absolute Gasteiger partial charge is 0.270 e. The molecule has 1 aromatic heterocycles. The Labute approximate surface area is 125 Å². The maximum atomic E-state index is 11.7. The molecule has 0 spiro atoms. The molecule has 1 heterocycles. The van der Waals surface area contributed by atoms with Crippen molar-refractivity contribution in [3.63, 3.8) is 0 Å². The van der Waals surface area contributed by atoms with Crippen molar-refractivity contribution < 1.29 is 0 Å². The highest BCUT2D eigenvalue weighted by Gasteiger charge is 2.13. The molecule has 0 aliphatic rings. The monoisotopic (exact) mass is 306 g/mol. The summed E-state index contributed by atoms with van der Waals surface area (Å²) >= 11 is 2.87. The summed E-state index contributed by atoms with van der Waals surface area (Å²) in [7, 11) is 0. The van der Waals surface area contributed by atoms with Crippen molar-refractivity contribution in [1.82, 2.24) is 14.8 Å². The van der Waals surface area contributed by atoms with E-state index in [9.17, 15) is 10.1 Å². The Kier molecular flexibility index (Phi) is 4.93. The van der Waals surface area contributed by atoms with Crippen LogP contribution in [0.5, 0.6) is 0 Å². The first-order valence-corrected chi connectivity index (χ1v) is 8.15. The Bertz CT molecular complexity index is 699. The highest BCUT2D eigenvalue weighted by Crippen LogP contribution is 2.33. The Morgan fingerprint density at radius 1 is 1.45 bits per heavy atom. The van der Waals surface area contributed by atoms with Gasteiger partial charge < -0.3 is 0 Å². The summed E-state index contributed by atoms with van der Waals surface area (Å²) in [5, 5.41) is 16.4. The molecule has 0 unspecified atom stereocenters. The van der Waals surface area contributed by atoms with Gasteiger partial charge in [0.1, 0.15) is 6.07 Å². The quantitative estimate of drug-likeness (QED) is 0.860. The number of nitriles is 1. The number of H-pyrrole nitrogens is 1. The van der Waals surface area contributed by atoms with Gasteiger partial charge >= 0.3 is 5.69 Å². The molecule has 0 saturated carbocycles. The van der Waals surface area contributed by atoms with Crippen molar-refractivity contribution in [2.75, 3.05) is 6.26 Å². The summed E-state index contributed by atoms with van der Waals surface area (Å²) in [5.41, 5.74) is 0.414. The van der Waals surface area contributed by atoms with Gasteiger partial charge in [0.25, 0.3) is 0 Å². The summed E-state index contributed by atoms with van der Waals surface area (Å²) in [6.07, 6.45) is 2.79. The first-order chi connectivity index (χ1) is 9.71. The Morgan fingerprint density at radius 3 is 2.85 bits per heavy atom. The number of thioether (sulfide) groups is 1. The predicted molar refractivity (Wildman–Crippen MR) is 80.2 cm³/mol. The summed E-state index contributed by atoms with van der Waals surface area (Å²) < 4.78 is 1.59. The zero-order valence-corrected chi connectivity index (χ0v) is 12.8. The van der Waals surface area contributed by atoms with Crippen molar-refractivity contribution in [2.45, 2.75) is 34.8 Å². The molecule has 5 nitrogen and oxygen atoms in total. The van der Waals surface area contributed by atoms with Gasteiger partial charge in [0.2, 0.25) is 0 Å². The van der Waals surface area contributed by atoms with Gasteiger partial charge in [-0.15, -0.1) is 16.9 Å². The summed E-state index contributed by atoms with van der Waals surface area (Å²) in [6.45, 7) is 2.62. The van der Waals surface area contributed by atoms with Gasteiger partial charge in [0.05, 0.1) is 5.56 Å². The lowest BCUT2D eigenvalue weighted by Crippen LogP contribution is -2.17. The van der Waals surface area contributed by atoms with Gasteiger partial charge in [-0.1, -0.05) is 13.0 Å². The number of hydrogen-bond acceptors (Lipinski definition) is 5. The molecular weight excluding hydrogens is 292 g/mol. The first kappa shape index (κ1) is 14.8. The average Bonchev–Trinajstić information content (AvgIpc) is 2.80. The molecule has 1 N–H and O–H groups in total. The molecule has 20 heavy (non-hydrogen) atoms. The van der Waals surface area contributed by atoms with Crippen molar-refractivity contribution >= 4 is 23.5 Å². The van der Waals surface area contributed by atoms with E-state index in [0.29, 0.717) is 17.3 Å². The van der Waals surface area contributed by atoms with Crippen LogP contribution < -0.4 is 5.69 Å². The standard InChI is InChI=1S/C13H14N4OS2/c1-3-7-17-12(18)15-16-13(17)20-11-6-4-5-10(19-2)9(11)8-14/h4-6H,3,7H2,1-2H3,(H,15,18). The van der Waals surface area contributed by atoms with Gasteiger partial charge in [-0.2, -0.15) is 5.26 Å². The lowest BCUT2D eigenvalue weighted by molar-refractivity contribution is 0.604. The maximum Gasteiger partial charge on any atom is 0.343 e. The van der Waals surface area contributed by atoms with E-state index in [2.05, 4.69) is 16.3 Å². The van der Waals surface area contributed by atoms with Gasteiger partial charge in [-0.3, -0.25) is 4.57 Å².